The van der Waals surface area contributed by atoms with E-state index in [9.17, 15) is 4.79 Å². The van der Waals surface area contributed by atoms with Crippen molar-refractivity contribution < 1.29 is 4.79 Å². The zero-order valence-corrected chi connectivity index (χ0v) is 17.7. The van der Waals surface area contributed by atoms with Gasteiger partial charge in [0.2, 0.25) is 0 Å². The standard InChI is InChI=1S/C21H32N4OS/c1-5-25(6-2)21(26)23-14-8-16-17-9-15(27-4)10-18-20(17)13(11-22-18)7-19(16)24(3)12-14/h9-10,13-14,16,19,22H,5-8,11-12H2,1-4H3,(H,23,26)/t13?,14-,16?,19+/m0/s1. The second-order valence-electron chi connectivity index (χ2n) is 8.16. The van der Waals surface area contributed by atoms with Gasteiger partial charge in [0.15, 0.2) is 0 Å². The van der Waals surface area contributed by atoms with Crippen LogP contribution in [-0.2, 0) is 0 Å². The molecule has 1 saturated heterocycles. The van der Waals surface area contributed by atoms with Crippen molar-refractivity contribution in [2.75, 3.05) is 44.8 Å². The predicted molar refractivity (Wildman–Crippen MR) is 113 cm³/mol. The number of hydrogen-bond acceptors (Lipinski definition) is 4. The molecule has 2 heterocycles. The number of nitrogens with zero attached hydrogens (tertiary/aromatic N) is 2. The summed E-state index contributed by atoms with van der Waals surface area (Å²) in [5.41, 5.74) is 4.42. The fourth-order valence-electron chi connectivity index (χ4n) is 5.39. The number of rotatable bonds is 4. The van der Waals surface area contributed by atoms with Gasteiger partial charge in [0.1, 0.15) is 0 Å². The summed E-state index contributed by atoms with van der Waals surface area (Å²) in [6.07, 6.45) is 4.42. The summed E-state index contributed by atoms with van der Waals surface area (Å²) in [6, 6.07) is 5.60. The quantitative estimate of drug-likeness (QED) is 0.775. The summed E-state index contributed by atoms with van der Waals surface area (Å²) in [4.78, 5) is 18.3. The fraction of sp³-hybridized carbons (Fsp3) is 0.667. The maximum atomic E-state index is 12.6. The molecule has 1 aromatic carbocycles. The van der Waals surface area contributed by atoms with Gasteiger partial charge in [0.25, 0.3) is 0 Å². The molecule has 2 N–H and O–H groups in total. The average Bonchev–Trinajstić information content (AvgIpc) is 3.07. The molecule has 3 aliphatic rings. The number of hydrogen-bond donors (Lipinski definition) is 2. The van der Waals surface area contributed by atoms with E-state index in [1.165, 1.54) is 22.6 Å². The van der Waals surface area contributed by atoms with Crippen molar-refractivity contribution in [1.29, 1.82) is 0 Å². The third-order valence-electron chi connectivity index (χ3n) is 6.75. The molecule has 148 valence electrons. The van der Waals surface area contributed by atoms with Gasteiger partial charge in [-0.2, -0.15) is 0 Å². The molecule has 1 fully saturated rings. The van der Waals surface area contributed by atoms with Crippen LogP contribution >= 0.6 is 11.8 Å². The van der Waals surface area contributed by atoms with E-state index in [-0.39, 0.29) is 12.1 Å². The lowest BCUT2D eigenvalue weighted by Crippen LogP contribution is -2.56. The summed E-state index contributed by atoms with van der Waals surface area (Å²) >= 11 is 1.82. The number of nitrogens with one attached hydrogen (secondary N) is 2. The molecule has 0 radical (unpaired) electrons. The number of likely N-dealkylation sites (tertiary alicyclic amines) is 1. The predicted octanol–water partition coefficient (Wildman–Crippen LogP) is 3.53. The third kappa shape index (κ3) is 3.31. The first-order valence-corrected chi connectivity index (χ1v) is 11.5. The maximum absolute atomic E-state index is 12.6. The van der Waals surface area contributed by atoms with Gasteiger partial charge in [0, 0.05) is 60.7 Å². The summed E-state index contributed by atoms with van der Waals surface area (Å²) in [5, 5.41) is 6.96. The van der Waals surface area contributed by atoms with Gasteiger partial charge < -0.3 is 20.4 Å². The first-order valence-electron chi connectivity index (χ1n) is 10.3. The Kier molecular flexibility index (Phi) is 5.30. The lowest BCUT2D eigenvalue weighted by atomic mass is 9.70. The minimum Gasteiger partial charge on any atom is -0.384 e. The minimum atomic E-state index is 0.0790. The lowest BCUT2D eigenvalue weighted by molar-refractivity contribution is 0.108. The molecule has 0 spiro atoms. The molecule has 2 aliphatic heterocycles. The van der Waals surface area contributed by atoms with Crippen molar-refractivity contribution >= 4 is 23.5 Å². The molecule has 4 atom stereocenters. The average molecular weight is 389 g/mol. The van der Waals surface area contributed by atoms with Crippen molar-refractivity contribution in [2.24, 2.45) is 0 Å². The fourth-order valence-corrected chi connectivity index (χ4v) is 5.87. The molecule has 4 rings (SSSR count). The number of thioether (sulfide) groups is 1. The Bertz CT molecular complexity index is 720. The number of urea groups is 1. The van der Waals surface area contributed by atoms with Crippen LogP contribution in [0.4, 0.5) is 10.5 Å². The Morgan fingerprint density at radius 2 is 2.11 bits per heavy atom. The van der Waals surface area contributed by atoms with Crippen molar-refractivity contribution in [3.05, 3.63) is 23.3 Å². The monoisotopic (exact) mass is 388 g/mol. The van der Waals surface area contributed by atoms with Gasteiger partial charge in [-0.1, -0.05) is 0 Å². The van der Waals surface area contributed by atoms with Gasteiger partial charge in [0.05, 0.1) is 0 Å². The second kappa shape index (κ2) is 7.55. The number of carbonyl (C=O) groups excluding carboxylic acids is 1. The SMILES string of the molecule is CCN(CC)C(=O)N[C@H]1CC2c3cc(SC)cc4c3C(CN4)C[C@H]2N(C)C1. The van der Waals surface area contributed by atoms with Crippen molar-refractivity contribution in [2.45, 2.75) is 55.5 Å². The molecule has 6 heteroatoms. The summed E-state index contributed by atoms with van der Waals surface area (Å²) < 4.78 is 0. The van der Waals surface area contributed by atoms with E-state index >= 15 is 0 Å². The van der Waals surface area contributed by atoms with E-state index in [0.717, 1.165) is 32.6 Å². The molecule has 2 unspecified atom stereocenters. The summed E-state index contributed by atoms with van der Waals surface area (Å²) in [5.74, 6) is 1.14. The van der Waals surface area contributed by atoms with E-state index in [4.69, 9.17) is 0 Å². The molecule has 1 aliphatic carbocycles. The van der Waals surface area contributed by atoms with Crippen LogP contribution in [0.15, 0.2) is 17.0 Å². The van der Waals surface area contributed by atoms with E-state index < -0.39 is 0 Å². The Hall–Kier alpha value is -1.40. The van der Waals surface area contributed by atoms with Crippen molar-refractivity contribution in [3.8, 4) is 0 Å². The second-order valence-corrected chi connectivity index (χ2v) is 9.04. The number of piperidine rings is 1. The number of likely N-dealkylation sites (N-methyl/N-ethyl adjacent to an activating group) is 1. The largest absolute Gasteiger partial charge is 0.384 e. The Labute approximate surface area is 167 Å². The molecular weight excluding hydrogens is 356 g/mol. The first kappa shape index (κ1) is 18.9. The van der Waals surface area contributed by atoms with Crippen LogP contribution < -0.4 is 10.6 Å². The normalized spacial score (nSPS) is 28.9. The molecule has 1 aromatic rings. The van der Waals surface area contributed by atoms with Gasteiger partial charge in [-0.15, -0.1) is 11.8 Å². The topological polar surface area (TPSA) is 47.6 Å². The van der Waals surface area contributed by atoms with Crippen molar-refractivity contribution in [3.63, 3.8) is 0 Å². The Balaban J connectivity index is 1.61. The van der Waals surface area contributed by atoms with Crippen LogP contribution in [0.1, 0.15) is 49.7 Å². The highest BCUT2D eigenvalue weighted by Gasteiger charge is 2.44. The van der Waals surface area contributed by atoms with Gasteiger partial charge in [-0.25, -0.2) is 4.79 Å². The van der Waals surface area contributed by atoms with Crippen LogP contribution in [0.25, 0.3) is 0 Å². The molecular formula is C21H32N4OS. The van der Waals surface area contributed by atoms with Crippen LogP contribution in [0.3, 0.4) is 0 Å². The van der Waals surface area contributed by atoms with E-state index in [1.54, 1.807) is 5.56 Å². The third-order valence-corrected chi connectivity index (χ3v) is 7.46. The van der Waals surface area contributed by atoms with Gasteiger partial charge >= 0.3 is 6.03 Å². The van der Waals surface area contributed by atoms with Gasteiger partial charge in [-0.3, -0.25) is 0 Å². The first-order chi connectivity index (χ1) is 13.0. The van der Waals surface area contributed by atoms with Gasteiger partial charge in [-0.05, 0) is 63.3 Å². The minimum absolute atomic E-state index is 0.0790. The van der Waals surface area contributed by atoms with Crippen LogP contribution in [-0.4, -0.2) is 67.4 Å². The zero-order valence-electron chi connectivity index (χ0n) is 16.9. The Morgan fingerprint density at radius 1 is 1.33 bits per heavy atom. The number of benzene rings is 1. The highest BCUT2D eigenvalue weighted by Crippen LogP contribution is 2.51. The number of carbonyl (C=O) groups is 1. The molecule has 0 aromatic heterocycles. The summed E-state index contributed by atoms with van der Waals surface area (Å²) in [6.45, 7) is 7.61. The van der Waals surface area contributed by atoms with Crippen LogP contribution in [0.5, 0.6) is 0 Å². The number of amides is 2. The van der Waals surface area contributed by atoms with Crippen LogP contribution in [0.2, 0.25) is 0 Å². The maximum Gasteiger partial charge on any atom is 0.317 e. The molecule has 0 bridgehead atoms. The van der Waals surface area contributed by atoms with E-state index in [0.29, 0.717) is 17.9 Å². The highest BCUT2D eigenvalue weighted by atomic mass is 32.2. The molecule has 0 saturated carbocycles. The smallest absolute Gasteiger partial charge is 0.317 e. The molecule has 2 amide bonds. The van der Waals surface area contributed by atoms with Crippen molar-refractivity contribution in [1.82, 2.24) is 15.1 Å². The highest BCUT2D eigenvalue weighted by molar-refractivity contribution is 7.98. The molecule has 5 nitrogen and oxygen atoms in total. The molecule has 27 heavy (non-hydrogen) atoms. The Morgan fingerprint density at radius 3 is 2.81 bits per heavy atom. The number of fused-ring (bicyclic) bond motifs is 2. The van der Waals surface area contributed by atoms with E-state index in [2.05, 4.69) is 41.0 Å². The zero-order chi connectivity index (χ0) is 19.1. The van der Waals surface area contributed by atoms with Crippen LogP contribution in [0, 0.1) is 0 Å². The summed E-state index contributed by atoms with van der Waals surface area (Å²) in [7, 11) is 2.24. The lowest BCUT2D eigenvalue weighted by Gasteiger charge is -2.48. The number of anilines is 1. The van der Waals surface area contributed by atoms with E-state index in [1.807, 2.05) is 30.5 Å².